The Bertz CT molecular complexity index is 1350. The van der Waals surface area contributed by atoms with Crippen LogP contribution in [0.5, 0.6) is 5.75 Å². The fourth-order valence-electron chi connectivity index (χ4n) is 4.96. The predicted molar refractivity (Wildman–Crippen MR) is 115 cm³/mol. The van der Waals surface area contributed by atoms with Gasteiger partial charge in [-0.3, -0.25) is 4.79 Å². The number of ether oxygens (including phenoxy) is 1. The molecule has 2 nitrogen and oxygen atoms in total. The molecule has 0 radical (unpaired) electrons. The molecule has 4 aromatic carbocycles. The molecule has 0 bridgehead atoms. The fourth-order valence-corrected chi connectivity index (χ4v) is 4.96. The van der Waals surface area contributed by atoms with E-state index >= 15 is 0 Å². The number of carbonyl (C=O) groups is 1. The molecule has 1 aliphatic heterocycles. The van der Waals surface area contributed by atoms with Crippen molar-refractivity contribution >= 4 is 22.6 Å². The Morgan fingerprint density at radius 2 is 1.57 bits per heavy atom. The molecular formula is C27H17FO2. The third-order valence-corrected chi connectivity index (χ3v) is 6.24. The van der Waals surface area contributed by atoms with E-state index in [9.17, 15) is 9.18 Å². The van der Waals surface area contributed by atoms with Crippen LogP contribution in [0.2, 0.25) is 0 Å². The Hall–Kier alpha value is -3.72. The molecule has 1 heterocycles. The average molecular weight is 392 g/mol. The van der Waals surface area contributed by atoms with E-state index < -0.39 is 11.5 Å². The van der Waals surface area contributed by atoms with Gasteiger partial charge in [-0.05, 0) is 46.2 Å². The van der Waals surface area contributed by atoms with Gasteiger partial charge in [0.1, 0.15) is 11.6 Å². The summed E-state index contributed by atoms with van der Waals surface area (Å²) in [5, 5.41) is 2.12. The van der Waals surface area contributed by atoms with Gasteiger partial charge < -0.3 is 4.74 Å². The van der Waals surface area contributed by atoms with Gasteiger partial charge in [0.2, 0.25) is 11.4 Å². The first-order chi connectivity index (χ1) is 14.7. The predicted octanol–water partition coefficient (Wildman–Crippen LogP) is 5.99. The largest absolute Gasteiger partial charge is 0.473 e. The summed E-state index contributed by atoms with van der Waals surface area (Å²) in [4.78, 5) is 13.6. The molecule has 1 spiro atoms. The van der Waals surface area contributed by atoms with Gasteiger partial charge in [0.15, 0.2) is 0 Å². The molecule has 0 fully saturated rings. The molecule has 3 heteroatoms. The number of hydrogen-bond donors (Lipinski definition) is 0. The lowest BCUT2D eigenvalue weighted by Crippen LogP contribution is -2.45. The molecule has 4 aromatic rings. The highest BCUT2D eigenvalue weighted by molar-refractivity contribution is 6.07. The summed E-state index contributed by atoms with van der Waals surface area (Å²) in [6.07, 6.45) is 3.45. The van der Waals surface area contributed by atoms with Crippen molar-refractivity contribution in [2.45, 2.75) is 11.5 Å². The fraction of sp³-hybridized carbons (Fsp3) is 0.0741. The molecule has 0 amide bonds. The van der Waals surface area contributed by atoms with Crippen LogP contribution in [0.25, 0.3) is 16.8 Å². The van der Waals surface area contributed by atoms with Crippen LogP contribution in [0.15, 0.2) is 91.0 Å². The van der Waals surface area contributed by atoms with Crippen molar-refractivity contribution in [1.29, 1.82) is 0 Å². The number of carbonyl (C=O) groups excluding carboxylic acids is 1. The smallest absolute Gasteiger partial charge is 0.207 e. The zero-order valence-corrected chi connectivity index (χ0v) is 16.0. The zero-order chi connectivity index (χ0) is 20.3. The standard InChI is InChI=1S/C27H17FO2/c28-20-13-9-19(10-14-20)26-25-21-7-3-1-5-17(21)11-15-23(25)30-27(26)22-8-4-2-6-18(22)12-16-24(27)29/h1-16,26H. The van der Waals surface area contributed by atoms with Crippen LogP contribution in [0, 0.1) is 5.82 Å². The monoisotopic (exact) mass is 392 g/mol. The topological polar surface area (TPSA) is 26.3 Å². The molecule has 6 rings (SSSR count). The van der Waals surface area contributed by atoms with Crippen molar-refractivity contribution in [1.82, 2.24) is 0 Å². The van der Waals surface area contributed by atoms with Crippen LogP contribution >= 0.6 is 0 Å². The minimum absolute atomic E-state index is 0.101. The quantitative estimate of drug-likeness (QED) is 0.397. The number of ketones is 1. The summed E-state index contributed by atoms with van der Waals surface area (Å²) in [5.41, 5.74) is 2.41. The highest BCUT2D eigenvalue weighted by Crippen LogP contribution is 2.57. The SMILES string of the molecule is O=C1C=Cc2ccccc2C12Oc1ccc3ccccc3c1C2c1ccc(F)cc1. The van der Waals surface area contributed by atoms with Gasteiger partial charge in [0.25, 0.3) is 0 Å². The van der Waals surface area contributed by atoms with E-state index in [4.69, 9.17) is 4.74 Å². The Balaban J connectivity index is 1.72. The Morgan fingerprint density at radius 1 is 0.800 bits per heavy atom. The lowest BCUT2D eigenvalue weighted by Gasteiger charge is -2.36. The molecule has 2 atom stereocenters. The molecule has 0 aromatic heterocycles. The number of rotatable bonds is 1. The van der Waals surface area contributed by atoms with Gasteiger partial charge in [0, 0.05) is 11.1 Å². The van der Waals surface area contributed by atoms with E-state index in [0.717, 1.165) is 33.0 Å². The minimum atomic E-state index is -1.21. The second kappa shape index (κ2) is 6.14. The maximum absolute atomic E-state index is 13.8. The molecule has 2 unspecified atom stereocenters. The van der Waals surface area contributed by atoms with Gasteiger partial charge in [-0.15, -0.1) is 0 Å². The summed E-state index contributed by atoms with van der Waals surface area (Å²) in [5.74, 6) is -0.102. The van der Waals surface area contributed by atoms with Crippen molar-refractivity contribution in [3.63, 3.8) is 0 Å². The van der Waals surface area contributed by atoms with Crippen LogP contribution in [0.4, 0.5) is 4.39 Å². The molecular weight excluding hydrogens is 375 g/mol. The molecule has 0 saturated heterocycles. The summed E-state index contributed by atoms with van der Waals surface area (Å²) >= 11 is 0. The van der Waals surface area contributed by atoms with E-state index in [2.05, 4.69) is 12.1 Å². The number of hydrogen-bond acceptors (Lipinski definition) is 2. The van der Waals surface area contributed by atoms with E-state index in [1.807, 2.05) is 54.6 Å². The number of benzene rings is 4. The van der Waals surface area contributed by atoms with E-state index in [0.29, 0.717) is 5.75 Å². The van der Waals surface area contributed by atoms with Crippen molar-refractivity contribution < 1.29 is 13.9 Å². The van der Waals surface area contributed by atoms with Crippen molar-refractivity contribution in [3.05, 3.63) is 119 Å². The van der Waals surface area contributed by atoms with Crippen LogP contribution in [0.1, 0.15) is 28.2 Å². The lowest BCUT2D eigenvalue weighted by atomic mass is 9.69. The second-order valence-electron chi connectivity index (χ2n) is 7.81. The van der Waals surface area contributed by atoms with Crippen molar-refractivity contribution in [3.8, 4) is 5.75 Å². The molecule has 144 valence electrons. The Kier molecular flexibility index (Phi) is 3.51. The number of halogens is 1. The molecule has 2 aliphatic rings. The van der Waals surface area contributed by atoms with E-state index in [1.165, 1.54) is 12.1 Å². The minimum Gasteiger partial charge on any atom is -0.473 e. The van der Waals surface area contributed by atoms with Gasteiger partial charge >= 0.3 is 0 Å². The summed E-state index contributed by atoms with van der Waals surface area (Å²) in [7, 11) is 0. The van der Waals surface area contributed by atoms with Crippen molar-refractivity contribution in [2.75, 3.05) is 0 Å². The van der Waals surface area contributed by atoms with Crippen LogP contribution in [-0.4, -0.2) is 5.78 Å². The Morgan fingerprint density at radius 3 is 2.43 bits per heavy atom. The second-order valence-corrected chi connectivity index (χ2v) is 7.81. The highest BCUT2D eigenvalue weighted by Gasteiger charge is 2.57. The van der Waals surface area contributed by atoms with Crippen LogP contribution in [-0.2, 0) is 10.4 Å². The molecule has 30 heavy (non-hydrogen) atoms. The van der Waals surface area contributed by atoms with Crippen LogP contribution in [0.3, 0.4) is 0 Å². The van der Waals surface area contributed by atoms with Gasteiger partial charge in [-0.1, -0.05) is 72.8 Å². The summed E-state index contributed by atoms with van der Waals surface area (Å²) < 4.78 is 20.3. The summed E-state index contributed by atoms with van der Waals surface area (Å²) in [6.45, 7) is 0. The van der Waals surface area contributed by atoms with E-state index in [-0.39, 0.29) is 11.6 Å². The van der Waals surface area contributed by atoms with Crippen molar-refractivity contribution in [2.24, 2.45) is 0 Å². The first kappa shape index (κ1) is 17.2. The highest BCUT2D eigenvalue weighted by atomic mass is 19.1. The van der Waals surface area contributed by atoms with Crippen LogP contribution < -0.4 is 4.74 Å². The van der Waals surface area contributed by atoms with E-state index in [1.54, 1.807) is 18.2 Å². The third kappa shape index (κ3) is 2.20. The molecule has 0 saturated carbocycles. The Labute approximate surface area is 173 Å². The summed E-state index contributed by atoms with van der Waals surface area (Å²) in [6, 6.07) is 26.3. The maximum Gasteiger partial charge on any atom is 0.207 e. The normalized spacial score (nSPS) is 21.5. The van der Waals surface area contributed by atoms with Gasteiger partial charge in [0.05, 0.1) is 5.92 Å². The van der Waals surface area contributed by atoms with Gasteiger partial charge in [-0.2, -0.15) is 0 Å². The lowest BCUT2D eigenvalue weighted by molar-refractivity contribution is -0.130. The maximum atomic E-state index is 13.8. The zero-order valence-electron chi connectivity index (χ0n) is 16.0. The molecule has 0 N–H and O–H groups in total. The van der Waals surface area contributed by atoms with Gasteiger partial charge in [-0.25, -0.2) is 4.39 Å². The third-order valence-electron chi connectivity index (χ3n) is 6.24. The number of fused-ring (bicyclic) bond motifs is 5. The first-order valence-electron chi connectivity index (χ1n) is 9.96. The molecule has 1 aliphatic carbocycles. The first-order valence-corrected chi connectivity index (χ1v) is 9.96. The average Bonchev–Trinajstić information content (AvgIpc) is 3.14.